The Morgan fingerprint density at radius 3 is 2.50 bits per heavy atom. The minimum Gasteiger partial charge on any atom is -0.277 e. The molecule has 1 heterocycles. The van der Waals surface area contributed by atoms with Crippen molar-refractivity contribution in [2.75, 3.05) is 11.5 Å². The zero-order chi connectivity index (χ0) is 16.5. The largest absolute Gasteiger partial charge is 0.277 e. The molecule has 1 aromatic rings. The average Bonchev–Trinajstić information content (AvgIpc) is 2.76. The molecule has 0 radical (unpaired) electrons. The molecule has 1 fully saturated rings. The molecule has 9 heteroatoms. The molecule has 0 spiro atoms. The van der Waals surface area contributed by atoms with Gasteiger partial charge < -0.3 is 0 Å². The molecule has 22 heavy (non-hydrogen) atoms. The monoisotopic (exact) mass is 346 g/mol. The highest BCUT2D eigenvalue weighted by atomic mass is 32.2. The fourth-order valence-corrected chi connectivity index (χ4v) is 5.19. The SMILES string of the molecule is Cc1ccc(S(=O)(=O)NNC(=O)[C@H]2CCS(=O)(=O)C2)c(C)c1. The normalized spacial score (nSPS) is 20.7. The fraction of sp³-hybridized carbons (Fsp3) is 0.462. The molecule has 0 unspecified atom stereocenters. The van der Waals surface area contributed by atoms with Crippen LogP contribution in [0.4, 0.5) is 0 Å². The third kappa shape index (κ3) is 3.84. The van der Waals surface area contributed by atoms with Crippen LogP contribution >= 0.6 is 0 Å². The van der Waals surface area contributed by atoms with E-state index in [0.717, 1.165) is 5.56 Å². The van der Waals surface area contributed by atoms with E-state index in [-0.39, 0.29) is 22.8 Å². The van der Waals surface area contributed by atoms with Gasteiger partial charge in [0.05, 0.1) is 22.3 Å². The van der Waals surface area contributed by atoms with Gasteiger partial charge in [-0.1, -0.05) is 17.7 Å². The predicted octanol–water partition coefficient (Wildman–Crippen LogP) is 0.0476. The molecule has 122 valence electrons. The second kappa shape index (κ2) is 5.98. The molecule has 7 nitrogen and oxygen atoms in total. The summed E-state index contributed by atoms with van der Waals surface area (Å²) in [7, 11) is -7.09. The lowest BCUT2D eigenvalue weighted by atomic mass is 10.1. The number of hydrazine groups is 1. The first-order chi connectivity index (χ1) is 10.1. The number of sulfone groups is 1. The molecule has 1 saturated heterocycles. The van der Waals surface area contributed by atoms with Gasteiger partial charge in [0, 0.05) is 0 Å². The van der Waals surface area contributed by atoms with E-state index in [1.807, 2.05) is 11.8 Å². The van der Waals surface area contributed by atoms with Gasteiger partial charge in [-0.3, -0.25) is 10.2 Å². The van der Waals surface area contributed by atoms with Gasteiger partial charge in [0.2, 0.25) is 5.91 Å². The Kier molecular flexibility index (Phi) is 4.59. The van der Waals surface area contributed by atoms with Crippen molar-refractivity contribution in [3.8, 4) is 0 Å². The van der Waals surface area contributed by atoms with Gasteiger partial charge in [0.15, 0.2) is 9.84 Å². The topological polar surface area (TPSA) is 109 Å². The summed E-state index contributed by atoms with van der Waals surface area (Å²) in [6, 6.07) is 4.84. The number of aryl methyl sites for hydroxylation is 2. The van der Waals surface area contributed by atoms with Crippen molar-refractivity contribution in [1.82, 2.24) is 10.3 Å². The van der Waals surface area contributed by atoms with E-state index in [0.29, 0.717) is 5.56 Å². The van der Waals surface area contributed by atoms with Crippen molar-refractivity contribution in [3.05, 3.63) is 29.3 Å². The van der Waals surface area contributed by atoms with Gasteiger partial charge in [0.1, 0.15) is 0 Å². The van der Waals surface area contributed by atoms with Crippen molar-refractivity contribution in [2.45, 2.75) is 25.2 Å². The highest BCUT2D eigenvalue weighted by Gasteiger charge is 2.33. The Morgan fingerprint density at radius 1 is 1.27 bits per heavy atom. The standard InChI is InChI=1S/C13H18N2O5S2/c1-9-3-4-12(10(2)7-9)22(19,20)15-14-13(16)11-5-6-21(17,18)8-11/h3-4,7,11,15H,5-6,8H2,1-2H3,(H,14,16)/t11-/m0/s1. The molecule has 0 aromatic heterocycles. The lowest BCUT2D eigenvalue weighted by molar-refractivity contribution is -0.124. The van der Waals surface area contributed by atoms with E-state index in [9.17, 15) is 21.6 Å². The molecule has 0 saturated carbocycles. The van der Waals surface area contributed by atoms with Crippen LogP contribution in [-0.4, -0.2) is 34.2 Å². The van der Waals surface area contributed by atoms with Crippen LogP contribution < -0.4 is 10.3 Å². The van der Waals surface area contributed by atoms with E-state index in [1.165, 1.54) is 6.07 Å². The number of rotatable bonds is 4. The summed E-state index contributed by atoms with van der Waals surface area (Å²) in [6.07, 6.45) is 0.208. The Labute approximate surface area is 130 Å². The Bertz CT molecular complexity index is 800. The number of carbonyl (C=O) groups is 1. The summed E-state index contributed by atoms with van der Waals surface area (Å²) < 4.78 is 47.0. The molecular weight excluding hydrogens is 328 g/mol. The van der Waals surface area contributed by atoms with Crippen molar-refractivity contribution in [2.24, 2.45) is 5.92 Å². The van der Waals surface area contributed by atoms with Crippen molar-refractivity contribution >= 4 is 25.8 Å². The van der Waals surface area contributed by atoms with Gasteiger partial charge in [-0.15, -0.1) is 4.83 Å². The molecule has 1 aliphatic rings. The van der Waals surface area contributed by atoms with Crippen LogP contribution in [0.2, 0.25) is 0 Å². The van der Waals surface area contributed by atoms with E-state index in [1.54, 1.807) is 19.1 Å². The zero-order valence-electron chi connectivity index (χ0n) is 12.3. The molecule has 1 atom stereocenters. The molecule has 2 rings (SSSR count). The average molecular weight is 346 g/mol. The van der Waals surface area contributed by atoms with E-state index in [4.69, 9.17) is 0 Å². The van der Waals surface area contributed by atoms with E-state index >= 15 is 0 Å². The van der Waals surface area contributed by atoms with Gasteiger partial charge in [0.25, 0.3) is 10.0 Å². The van der Waals surface area contributed by atoms with Crippen molar-refractivity contribution in [3.63, 3.8) is 0 Å². The first kappa shape index (κ1) is 16.9. The number of amides is 1. The minimum absolute atomic E-state index is 0.0467. The molecule has 1 aliphatic heterocycles. The lowest BCUT2D eigenvalue weighted by Crippen LogP contribution is -2.44. The summed E-state index contributed by atoms with van der Waals surface area (Å²) in [5.41, 5.74) is 3.59. The molecule has 1 aromatic carbocycles. The van der Waals surface area contributed by atoms with Gasteiger partial charge in [-0.05, 0) is 31.9 Å². The second-order valence-electron chi connectivity index (χ2n) is 5.46. The third-order valence-corrected chi connectivity index (χ3v) is 6.71. The first-order valence-corrected chi connectivity index (χ1v) is 10.0. The van der Waals surface area contributed by atoms with Crippen LogP contribution in [0.3, 0.4) is 0 Å². The number of hydrogen-bond donors (Lipinski definition) is 2. The summed E-state index contributed by atoms with van der Waals surface area (Å²) in [5.74, 6) is -1.64. The summed E-state index contributed by atoms with van der Waals surface area (Å²) in [6.45, 7) is 3.51. The highest BCUT2D eigenvalue weighted by Crippen LogP contribution is 2.19. The minimum atomic E-state index is -3.89. The molecule has 0 aliphatic carbocycles. The number of nitrogens with one attached hydrogen (secondary N) is 2. The maximum atomic E-state index is 12.2. The van der Waals surface area contributed by atoms with Crippen molar-refractivity contribution < 1.29 is 21.6 Å². The smallest absolute Gasteiger partial charge is 0.257 e. The Balaban J connectivity index is 2.05. The predicted molar refractivity (Wildman–Crippen MR) is 81.1 cm³/mol. The molecule has 1 amide bonds. The van der Waals surface area contributed by atoms with Crippen LogP contribution in [0.25, 0.3) is 0 Å². The van der Waals surface area contributed by atoms with Crippen LogP contribution in [0.15, 0.2) is 23.1 Å². The number of hydrogen-bond acceptors (Lipinski definition) is 5. The van der Waals surface area contributed by atoms with E-state index in [2.05, 4.69) is 5.43 Å². The number of carbonyl (C=O) groups excluding carboxylic acids is 1. The first-order valence-electron chi connectivity index (χ1n) is 6.70. The number of benzene rings is 1. The fourth-order valence-electron chi connectivity index (χ4n) is 2.38. The Morgan fingerprint density at radius 2 is 1.95 bits per heavy atom. The van der Waals surface area contributed by atoms with Crippen LogP contribution in [0.1, 0.15) is 17.5 Å². The maximum Gasteiger partial charge on any atom is 0.257 e. The Hall–Kier alpha value is -1.45. The van der Waals surface area contributed by atoms with Crippen LogP contribution in [-0.2, 0) is 24.7 Å². The maximum absolute atomic E-state index is 12.2. The van der Waals surface area contributed by atoms with Crippen LogP contribution in [0, 0.1) is 19.8 Å². The highest BCUT2D eigenvalue weighted by molar-refractivity contribution is 7.91. The molecule has 0 bridgehead atoms. The summed E-state index contributed by atoms with van der Waals surface area (Å²) in [5, 5.41) is 0. The lowest BCUT2D eigenvalue weighted by Gasteiger charge is -2.13. The van der Waals surface area contributed by atoms with Crippen molar-refractivity contribution in [1.29, 1.82) is 0 Å². The van der Waals surface area contributed by atoms with E-state index < -0.39 is 31.7 Å². The van der Waals surface area contributed by atoms with Gasteiger partial charge in [-0.2, -0.15) is 0 Å². The third-order valence-electron chi connectivity index (χ3n) is 3.53. The quantitative estimate of drug-likeness (QED) is 0.749. The number of sulfonamides is 1. The zero-order valence-corrected chi connectivity index (χ0v) is 13.9. The summed E-state index contributed by atoms with van der Waals surface area (Å²) >= 11 is 0. The van der Waals surface area contributed by atoms with Crippen LogP contribution in [0.5, 0.6) is 0 Å². The molecular formula is C13H18N2O5S2. The summed E-state index contributed by atoms with van der Waals surface area (Å²) in [4.78, 5) is 13.9. The van der Waals surface area contributed by atoms with Gasteiger partial charge >= 0.3 is 0 Å². The molecule has 2 N–H and O–H groups in total. The second-order valence-corrected chi connectivity index (χ2v) is 9.34. The van der Waals surface area contributed by atoms with Gasteiger partial charge in [-0.25, -0.2) is 16.8 Å².